The first-order chi connectivity index (χ1) is 14.6. The topological polar surface area (TPSA) is 68.2 Å². The Morgan fingerprint density at radius 1 is 1.03 bits per heavy atom. The number of amides is 1. The minimum Gasteiger partial charge on any atom is -0.507 e. The van der Waals surface area contributed by atoms with Crippen molar-refractivity contribution in [3.63, 3.8) is 0 Å². The SMILES string of the molecule is CC(C)c1cc(O)c2c3c(C(N)=O)cccc3n(Cc3cccc(C(F)(F)F)c3)c2c1. The van der Waals surface area contributed by atoms with Crippen LogP contribution >= 0.6 is 0 Å². The van der Waals surface area contributed by atoms with Crippen LogP contribution in [0.3, 0.4) is 0 Å². The normalized spacial score (nSPS) is 12.2. The summed E-state index contributed by atoms with van der Waals surface area (Å²) in [6, 6.07) is 13.7. The number of nitrogens with two attached hydrogens (primary N) is 1. The molecule has 0 saturated carbocycles. The zero-order chi connectivity index (χ0) is 22.5. The lowest BCUT2D eigenvalue weighted by atomic mass is 9.99. The summed E-state index contributed by atoms with van der Waals surface area (Å²) in [5.41, 5.74) is 7.66. The Hall–Kier alpha value is -3.48. The second-order valence-corrected chi connectivity index (χ2v) is 7.94. The average Bonchev–Trinajstić information content (AvgIpc) is 3.01. The van der Waals surface area contributed by atoms with Crippen molar-refractivity contribution < 1.29 is 23.1 Å². The van der Waals surface area contributed by atoms with Crippen LogP contribution in [0.2, 0.25) is 0 Å². The first-order valence-corrected chi connectivity index (χ1v) is 9.81. The Balaban J connectivity index is 2.04. The molecule has 4 rings (SSSR count). The second-order valence-electron chi connectivity index (χ2n) is 7.94. The lowest BCUT2D eigenvalue weighted by molar-refractivity contribution is -0.137. The standard InChI is InChI=1S/C24H21F3N2O2/c1-13(2)15-10-19-22(20(30)11-15)21-17(23(28)31)7-4-8-18(21)29(19)12-14-5-3-6-16(9-14)24(25,26)27/h3-11,13,30H,12H2,1-2H3,(H2,28,31). The highest BCUT2D eigenvalue weighted by molar-refractivity contribution is 6.19. The molecule has 0 spiro atoms. The average molecular weight is 426 g/mol. The van der Waals surface area contributed by atoms with Gasteiger partial charge in [0.25, 0.3) is 0 Å². The molecule has 31 heavy (non-hydrogen) atoms. The van der Waals surface area contributed by atoms with Crippen molar-refractivity contribution >= 4 is 27.7 Å². The molecule has 0 aliphatic rings. The molecule has 0 bridgehead atoms. The summed E-state index contributed by atoms with van der Waals surface area (Å²) in [6.07, 6.45) is -4.45. The van der Waals surface area contributed by atoms with Crippen LogP contribution in [0, 0.1) is 0 Å². The maximum Gasteiger partial charge on any atom is 0.416 e. The molecule has 1 amide bonds. The summed E-state index contributed by atoms with van der Waals surface area (Å²) in [6.45, 7) is 4.09. The fourth-order valence-corrected chi connectivity index (χ4v) is 4.00. The first-order valence-electron chi connectivity index (χ1n) is 9.81. The Morgan fingerprint density at radius 3 is 2.39 bits per heavy atom. The number of aromatic hydroxyl groups is 1. The molecule has 0 radical (unpaired) electrons. The molecule has 0 aliphatic heterocycles. The largest absolute Gasteiger partial charge is 0.507 e. The van der Waals surface area contributed by atoms with Gasteiger partial charge in [-0.15, -0.1) is 0 Å². The number of aromatic nitrogens is 1. The lowest BCUT2D eigenvalue weighted by Crippen LogP contribution is -2.11. The van der Waals surface area contributed by atoms with Gasteiger partial charge in [-0.2, -0.15) is 13.2 Å². The summed E-state index contributed by atoms with van der Waals surface area (Å²) in [7, 11) is 0. The number of halogens is 3. The molecular weight excluding hydrogens is 405 g/mol. The monoisotopic (exact) mass is 426 g/mol. The van der Waals surface area contributed by atoms with Crippen LogP contribution in [-0.4, -0.2) is 15.6 Å². The molecule has 0 aliphatic carbocycles. The Morgan fingerprint density at radius 2 is 1.74 bits per heavy atom. The predicted octanol–water partition coefficient (Wildman–Crippen LogP) is 5.79. The van der Waals surface area contributed by atoms with Gasteiger partial charge in [0.1, 0.15) is 5.75 Å². The highest BCUT2D eigenvalue weighted by Gasteiger charge is 2.30. The number of rotatable bonds is 4. The van der Waals surface area contributed by atoms with E-state index >= 15 is 0 Å². The third kappa shape index (κ3) is 3.60. The number of hydrogen-bond acceptors (Lipinski definition) is 2. The number of phenolic OH excluding ortho intramolecular Hbond substituents is 1. The summed E-state index contributed by atoms with van der Waals surface area (Å²) in [5, 5.41) is 11.8. The molecule has 0 atom stereocenters. The van der Waals surface area contributed by atoms with E-state index in [0.29, 0.717) is 27.4 Å². The van der Waals surface area contributed by atoms with Crippen LogP contribution in [0.15, 0.2) is 54.6 Å². The molecule has 7 heteroatoms. The number of hydrogen-bond donors (Lipinski definition) is 2. The molecule has 4 nitrogen and oxygen atoms in total. The maximum atomic E-state index is 13.2. The van der Waals surface area contributed by atoms with E-state index < -0.39 is 17.6 Å². The van der Waals surface area contributed by atoms with Gasteiger partial charge in [0, 0.05) is 17.5 Å². The van der Waals surface area contributed by atoms with Crippen LogP contribution in [0.1, 0.15) is 46.8 Å². The molecule has 0 fully saturated rings. The third-order valence-electron chi connectivity index (χ3n) is 5.52. The van der Waals surface area contributed by atoms with Gasteiger partial charge in [-0.1, -0.05) is 32.0 Å². The maximum absolute atomic E-state index is 13.2. The van der Waals surface area contributed by atoms with Gasteiger partial charge < -0.3 is 15.4 Å². The van der Waals surface area contributed by atoms with Crippen molar-refractivity contribution in [3.8, 4) is 5.75 Å². The summed E-state index contributed by atoms with van der Waals surface area (Å²) < 4.78 is 41.4. The number of benzene rings is 3. The fourth-order valence-electron chi connectivity index (χ4n) is 4.00. The van der Waals surface area contributed by atoms with Crippen molar-refractivity contribution in [1.29, 1.82) is 0 Å². The molecule has 4 aromatic rings. The van der Waals surface area contributed by atoms with Gasteiger partial charge in [-0.05, 0) is 53.4 Å². The van der Waals surface area contributed by atoms with E-state index in [1.807, 2.05) is 24.5 Å². The molecule has 1 heterocycles. The molecule has 0 unspecified atom stereocenters. The van der Waals surface area contributed by atoms with E-state index in [-0.39, 0.29) is 23.8 Å². The van der Waals surface area contributed by atoms with Crippen molar-refractivity contribution in [2.24, 2.45) is 5.73 Å². The third-order valence-corrected chi connectivity index (χ3v) is 5.52. The number of carbonyl (C=O) groups excluding carboxylic acids is 1. The van der Waals surface area contributed by atoms with E-state index in [4.69, 9.17) is 5.73 Å². The van der Waals surface area contributed by atoms with Crippen LogP contribution < -0.4 is 5.73 Å². The van der Waals surface area contributed by atoms with Crippen LogP contribution in [0.5, 0.6) is 5.75 Å². The minimum atomic E-state index is -4.45. The summed E-state index contributed by atoms with van der Waals surface area (Å²) in [4.78, 5) is 12.1. The molecule has 160 valence electrons. The predicted molar refractivity (Wildman–Crippen MR) is 114 cm³/mol. The van der Waals surface area contributed by atoms with E-state index in [1.165, 1.54) is 6.07 Å². The van der Waals surface area contributed by atoms with E-state index in [2.05, 4.69) is 0 Å². The van der Waals surface area contributed by atoms with E-state index in [0.717, 1.165) is 17.7 Å². The van der Waals surface area contributed by atoms with Gasteiger partial charge in [-0.25, -0.2) is 0 Å². The number of phenols is 1. The zero-order valence-corrected chi connectivity index (χ0v) is 17.0. The zero-order valence-electron chi connectivity index (χ0n) is 17.0. The van der Waals surface area contributed by atoms with Crippen LogP contribution in [-0.2, 0) is 12.7 Å². The number of nitrogens with zero attached hydrogens (tertiary/aromatic N) is 1. The highest BCUT2D eigenvalue weighted by atomic mass is 19.4. The number of fused-ring (bicyclic) bond motifs is 3. The quantitative estimate of drug-likeness (QED) is 0.434. The summed E-state index contributed by atoms with van der Waals surface area (Å²) >= 11 is 0. The van der Waals surface area contributed by atoms with Crippen molar-refractivity contribution in [3.05, 3.63) is 76.9 Å². The van der Waals surface area contributed by atoms with Gasteiger partial charge in [0.2, 0.25) is 5.91 Å². The lowest BCUT2D eigenvalue weighted by Gasteiger charge is -2.13. The molecule has 3 aromatic carbocycles. The van der Waals surface area contributed by atoms with Crippen molar-refractivity contribution in [2.75, 3.05) is 0 Å². The molecule has 3 N–H and O–H groups in total. The molecule has 1 aromatic heterocycles. The number of carbonyl (C=O) groups is 1. The van der Waals surface area contributed by atoms with Crippen LogP contribution in [0.4, 0.5) is 13.2 Å². The van der Waals surface area contributed by atoms with Gasteiger partial charge in [0.05, 0.1) is 22.0 Å². The number of alkyl halides is 3. The van der Waals surface area contributed by atoms with Gasteiger partial charge in [-0.3, -0.25) is 4.79 Å². The number of primary amides is 1. The van der Waals surface area contributed by atoms with Crippen molar-refractivity contribution in [2.45, 2.75) is 32.5 Å². The summed E-state index contributed by atoms with van der Waals surface area (Å²) in [5.74, 6) is -0.523. The van der Waals surface area contributed by atoms with Gasteiger partial charge in [0.15, 0.2) is 0 Å². The second kappa shape index (κ2) is 7.34. The van der Waals surface area contributed by atoms with Crippen LogP contribution in [0.25, 0.3) is 21.8 Å². The van der Waals surface area contributed by atoms with Crippen molar-refractivity contribution in [1.82, 2.24) is 4.57 Å². The highest BCUT2D eigenvalue weighted by Crippen LogP contribution is 2.40. The Labute approximate surface area is 176 Å². The van der Waals surface area contributed by atoms with E-state index in [9.17, 15) is 23.1 Å². The Kier molecular flexibility index (Phi) is 4.92. The first kappa shape index (κ1) is 20.8. The molecule has 0 saturated heterocycles. The fraction of sp³-hybridized carbons (Fsp3) is 0.208. The van der Waals surface area contributed by atoms with Gasteiger partial charge >= 0.3 is 6.18 Å². The minimum absolute atomic E-state index is 0.00249. The van der Waals surface area contributed by atoms with E-state index in [1.54, 1.807) is 30.3 Å². The Bertz CT molecular complexity index is 1320. The molecular formula is C24H21F3N2O2. The smallest absolute Gasteiger partial charge is 0.416 e.